The van der Waals surface area contributed by atoms with E-state index in [1.54, 1.807) is 18.3 Å². The third kappa shape index (κ3) is 3.47. The monoisotopic (exact) mass is 376 g/mol. The Morgan fingerprint density at radius 1 is 1.32 bits per heavy atom. The summed E-state index contributed by atoms with van der Waals surface area (Å²) in [5, 5.41) is 8.11. The number of hydrogen-bond donors (Lipinski definition) is 2. The SMILES string of the molecule is CC(C)CNc1nccc(-c2c(-c3cccc(C(N)=O)c3)nn3c2CCC3)n1. The van der Waals surface area contributed by atoms with Crippen molar-refractivity contribution in [1.82, 2.24) is 19.7 Å². The maximum absolute atomic E-state index is 11.6. The third-order valence-corrected chi connectivity index (χ3v) is 4.84. The van der Waals surface area contributed by atoms with Crippen LogP contribution >= 0.6 is 0 Å². The highest BCUT2D eigenvalue weighted by atomic mass is 16.1. The normalized spacial score (nSPS) is 13.0. The van der Waals surface area contributed by atoms with Crippen LogP contribution in [-0.4, -0.2) is 32.2 Å². The van der Waals surface area contributed by atoms with Gasteiger partial charge in [-0.3, -0.25) is 9.48 Å². The van der Waals surface area contributed by atoms with E-state index in [4.69, 9.17) is 15.8 Å². The number of rotatable bonds is 6. The number of aromatic nitrogens is 4. The lowest BCUT2D eigenvalue weighted by Crippen LogP contribution is -2.11. The number of amides is 1. The molecule has 0 unspecified atom stereocenters. The minimum atomic E-state index is -0.447. The molecule has 1 aliphatic heterocycles. The summed E-state index contributed by atoms with van der Waals surface area (Å²) in [5.41, 5.74) is 10.6. The number of anilines is 1. The first kappa shape index (κ1) is 18.2. The molecular formula is C21H24N6O. The van der Waals surface area contributed by atoms with Gasteiger partial charge in [-0.2, -0.15) is 5.10 Å². The molecule has 28 heavy (non-hydrogen) atoms. The minimum absolute atomic E-state index is 0.447. The number of nitrogens with zero attached hydrogens (tertiary/aromatic N) is 4. The molecule has 3 heterocycles. The van der Waals surface area contributed by atoms with Crippen molar-refractivity contribution in [2.45, 2.75) is 33.2 Å². The predicted molar refractivity (Wildman–Crippen MR) is 109 cm³/mol. The van der Waals surface area contributed by atoms with E-state index in [0.29, 0.717) is 17.4 Å². The molecule has 3 aromatic rings. The molecule has 0 atom stereocenters. The van der Waals surface area contributed by atoms with Gasteiger partial charge in [0.1, 0.15) is 5.69 Å². The smallest absolute Gasteiger partial charge is 0.248 e. The molecule has 0 radical (unpaired) electrons. The van der Waals surface area contributed by atoms with Crippen LogP contribution in [0.3, 0.4) is 0 Å². The van der Waals surface area contributed by atoms with Crippen LogP contribution in [0.2, 0.25) is 0 Å². The molecule has 0 bridgehead atoms. The molecule has 1 aliphatic rings. The van der Waals surface area contributed by atoms with Crippen molar-refractivity contribution in [3.05, 3.63) is 47.8 Å². The van der Waals surface area contributed by atoms with Crippen LogP contribution in [0.4, 0.5) is 5.95 Å². The molecule has 2 aromatic heterocycles. The van der Waals surface area contributed by atoms with Gasteiger partial charge in [-0.15, -0.1) is 0 Å². The molecule has 144 valence electrons. The number of nitrogens with two attached hydrogens (primary N) is 1. The maximum atomic E-state index is 11.6. The molecule has 7 nitrogen and oxygen atoms in total. The summed E-state index contributed by atoms with van der Waals surface area (Å²) in [6, 6.07) is 9.21. The van der Waals surface area contributed by atoms with E-state index < -0.39 is 5.91 Å². The van der Waals surface area contributed by atoms with Crippen LogP contribution in [0.5, 0.6) is 0 Å². The summed E-state index contributed by atoms with van der Waals surface area (Å²) in [6.45, 7) is 5.99. The van der Waals surface area contributed by atoms with Gasteiger partial charge in [-0.1, -0.05) is 26.0 Å². The Balaban J connectivity index is 1.81. The van der Waals surface area contributed by atoms with Crippen LogP contribution in [0.15, 0.2) is 36.5 Å². The first-order valence-electron chi connectivity index (χ1n) is 9.60. The van der Waals surface area contributed by atoms with Crippen LogP contribution < -0.4 is 11.1 Å². The molecule has 4 rings (SSSR count). The number of carbonyl (C=O) groups excluding carboxylic acids is 1. The van der Waals surface area contributed by atoms with Crippen molar-refractivity contribution in [3.63, 3.8) is 0 Å². The van der Waals surface area contributed by atoms with Crippen molar-refractivity contribution in [2.75, 3.05) is 11.9 Å². The zero-order valence-corrected chi connectivity index (χ0v) is 16.1. The van der Waals surface area contributed by atoms with Gasteiger partial charge in [-0.25, -0.2) is 9.97 Å². The Morgan fingerprint density at radius 3 is 2.96 bits per heavy atom. The topological polar surface area (TPSA) is 98.7 Å². The lowest BCUT2D eigenvalue weighted by Gasteiger charge is -2.10. The summed E-state index contributed by atoms with van der Waals surface area (Å²) in [6.07, 6.45) is 3.80. The molecule has 3 N–H and O–H groups in total. The highest BCUT2D eigenvalue weighted by Gasteiger charge is 2.25. The summed E-state index contributed by atoms with van der Waals surface area (Å²) >= 11 is 0. The number of hydrogen-bond acceptors (Lipinski definition) is 5. The molecular weight excluding hydrogens is 352 g/mol. The molecule has 0 fully saturated rings. The maximum Gasteiger partial charge on any atom is 0.248 e. The zero-order valence-electron chi connectivity index (χ0n) is 16.1. The van der Waals surface area contributed by atoms with Gasteiger partial charge >= 0.3 is 0 Å². The average Bonchev–Trinajstić information content (AvgIpc) is 3.27. The van der Waals surface area contributed by atoms with Gasteiger partial charge < -0.3 is 11.1 Å². The summed E-state index contributed by atoms with van der Waals surface area (Å²) < 4.78 is 2.05. The van der Waals surface area contributed by atoms with E-state index >= 15 is 0 Å². The van der Waals surface area contributed by atoms with Gasteiger partial charge in [0.15, 0.2) is 0 Å². The Hall–Kier alpha value is -3.22. The van der Waals surface area contributed by atoms with E-state index in [9.17, 15) is 4.79 Å². The largest absolute Gasteiger partial charge is 0.366 e. The van der Waals surface area contributed by atoms with Gasteiger partial charge in [-0.05, 0) is 37.0 Å². The van der Waals surface area contributed by atoms with Gasteiger partial charge in [0.05, 0.1) is 5.69 Å². The number of fused-ring (bicyclic) bond motifs is 1. The van der Waals surface area contributed by atoms with Crippen molar-refractivity contribution in [3.8, 4) is 22.5 Å². The second-order valence-electron chi connectivity index (χ2n) is 7.48. The second kappa shape index (κ2) is 7.42. The Kier molecular flexibility index (Phi) is 4.81. The number of carbonyl (C=O) groups is 1. The predicted octanol–water partition coefficient (Wildman–Crippen LogP) is 3.12. The fourth-order valence-corrected chi connectivity index (χ4v) is 3.50. The molecule has 0 saturated heterocycles. The van der Waals surface area contributed by atoms with Crippen molar-refractivity contribution >= 4 is 11.9 Å². The lowest BCUT2D eigenvalue weighted by molar-refractivity contribution is 0.100. The molecule has 0 aliphatic carbocycles. The van der Waals surface area contributed by atoms with E-state index in [1.807, 2.05) is 22.9 Å². The Bertz CT molecular complexity index is 1020. The molecule has 1 amide bonds. The fraction of sp³-hybridized carbons (Fsp3) is 0.333. The van der Waals surface area contributed by atoms with Gasteiger partial charge in [0.25, 0.3) is 0 Å². The third-order valence-electron chi connectivity index (χ3n) is 4.84. The summed E-state index contributed by atoms with van der Waals surface area (Å²) in [5.74, 6) is 0.665. The molecule has 0 spiro atoms. The van der Waals surface area contributed by atoms with Crippen LogP contribution in [0.1, 0.15) is 36.3 Å². The first-order valence-corrected chi connectivity index (χ1v) is 9.60. The number of nitrogens with one attached hydrogen (secondary N) is 1. The highest BCUT2D eigenvalue weighted by molar-refractivity contribution is 5.94. The van der Waals surface area contributed by atoms with E-state index in [1.165, 1.54) is 5.69 Å². The van der Waals surface area contributed by atoms with Gasteiger partial charge in [0, 0.05) is 41.7 Å². The van der Waals surface area contributed by atoms with Crippen LogP contribution in [-0.2, 0) is 13.0 Å². The second-order valence-corrected chi connectivity index (χ2v) is 7.48. The summed E-state index contributed by atoms with van der Waals surface area (Å²) in [4.78, 5) is 20.7. The lowest BCUT2D eigenvalue weighted by atomic mass is 10.00. The average molecular weight is 376 g/mol. The molecule has 1 aromatic carbocycles. The Morgan fingerprint density at radius 2 is 2.18 bits per heavy atom. The van der Waals surface area contributed by atoms with E-state index in [0.717, 1.165) is 48.4 Å². The minimum Gasteiger partial charge on any atom is -0.366 e. The zero-order chi connectivity index (χ0) is 19.7. The summed E-state index contributed by atoms with van der Waals surface area (Å²) in [7, 11) is 0. The number of benzene rings is 1. The van der Waals surface area contributed by atoms with Crippen molar-refractivity contribution in [2.24, 2.45) is 11.7 Å². The quantitative estimate of drug-likeness (QED) is 0.689. The molecule has 0 saturated carbocycles. The number of aryl methyl sites for hydroxylation is 1. The standard InChI is InChI=1S/C21H24N6O/c1-13(2)12-24-21-23-9-8-16(25-21)18-17-7-4-10-27(17)26-19(18)14-5-3-6-15(11-14)20(22)28/h3,5-6,8-9,11,13H,4,7,10,12H2,1-2H3,(H2,22,28)(H,23,24,25). The Labute approximate surface area is 164 Å². The first-order chi connectivity index (χ1) is 13.5. The number of primary amides is 1. The van der Waals surface area contributed by atoms with Crippen molar-refractivity contribution < 1.29 is 4.79 Å². The van der Waals surface area contributed by atoms with E-state index in [-0.39, 0.29) is 0 Å². The van der Waals surface area contributed by atoms with Crippen molar-refractivity contribution in [1.29, 1.82) is 0 Å². The van der Waals surface area contributed by atoms with E-state index in [2.05, 4.69) is 24.1 Å². The highest BCUT2D eigenvalue weighted by Crippen LogP contribution is 2.37. The van der Waals surface area contributed by atoms with Crippen LogP contribution in [0.25, 0.3) is 22.5 Å². The molecule has 7 heteroatoms. The van der Waals surface area contributed by atoms with Crippen LogP contribution in [0, 0.1) is 5.92 Å². The van der Waals surface area contributed by atoms with Gasteiger partial charge in [0.2, 0.25) is 11.9 Å². The fourth-order valence-electron chi connectivity index (χ4n) is 3.50.